The van der Waals surface area contributed by atoms with Crippen molar-refractivity contribution >= 4 is 40.0 Å². The third-order valence-corrected chi connectivity index (χ3v) is 6.97. The van der Waals surface area contributed by atoms with E-state index < -0.39 is 15.8 Å². The van der Waals surface area contributed by atoms with Gasteiger partial charge in [0.25, 0.3) is 10.0 Å². The van der Waals surface area contributed by atoms with Crippen molar-refractivity contribution in [3.63, 3.8) is 0 Å². The first kappa shape index (κ1) is 23.0. The predicted molar refractivity (Wildman–Crippen MR) is 110 cm³/mol. The van der Waals surface area contributed by atoms with Crippen molar-refractivity contribution in [1.82, 2.24) is 14.9 Å². The Morgan fingerprint density at radius 1 is 1.26 bits per heavy atom. The van der Waals surface area contributed by atoms with Gasteiger partial charge in [0.05, 0.1) is 18.2 Å². The average Bonchev–Trinajstić information content (AvgIpc) is 3.23. The first-order valence-corrected chi connectivity index (χ1v) is 10.9. The van der Waals surface area contributed by atoms with E-state index >= 15 is 0 Å². The molecule has 0 saturated carbocycles. The average molecular weight is 522 g/mol. The number of alkyl halides is 2. The number of nitrogens with one attached hydrogen (secondary N) is 2. The van der Waals surface area contributed by atoms with Crippen LogP contribution in [0.15, 0.2) is 4.99 Å². The minimum atomic E-state index is -4.46. The van der Waals surface area contributed by atoms with Crippen LogP contribution in [0.4, 0.5) is 8.78 Å². The van der Waals surface area contributed by atoms with E-state index in [0.29, 0.717) is 25.5 Å². The summed E-state index contributed by atoms with van der Waals surface area (Å²) in [5, 5.41) is 6.68. The summed E-state index contributed by atoms with van der Waals surface area (Å²) in [6, 6.07) is 0.282. The lowest BCUT2D eigenvalue weighted by atomic mass is 9.96. The number of hydrogen-bond donors (Lipinski definition) is 2. The molecule has 3 unspecified atom stereocenters. The zero-order valence-electron chi connectivity index (χ0n) is 15.4. The van der Waals surface area contributed by atoms with Crippen LogP contribution in [0.2, 0.25) is 0 Å². The van der Waals surface area contributed by atoms with Crippen LogP contribution in [-0.2, 0) is 14.8 Å². The highest BCUT2D eigenvalue weighted by Gasteiger charge is 2.41. The first-order valence-electron chi connectivity index (χ1n) is 9.37. The minimum absolute atomic E-state index is 0. The molecule has 158 valence electrons. The summed E-state index contributed by atoms with van der Waals surface area (Å²) < 4.78 is 55.0. The Morgan fingerprint density at radius 2 is 1.96 bits per heavy atom. The summed E-state index contributed by atoms with van der Waals surface area (Å²) in [5.74, 6) is -2.40. The van der Waals surface area contributed by atoms with Gasteiger partial charge in [-0.25, -0.2) is 8.42 Å². The maximum absolute atomic E-state index is 12.6. The van der Waals surface area contributed by atoms with E-state index in [1.807, 2.05) is 6.92 Å². The first-order chi connectivity index (χ1) is 12.4. The number of halogens is 3. The van der Waals surface area contributed by atoms with Crippen LogP contribution in [0.3, 0.4) is 0 Å². The molecular weight excluding hydrogens is 493 g/mol. The highest BCUT2D eigenvalue weighted by molar-refractivity contribution is 14.0. The fraction of sp³-hybridized carbons (Fsp3) is 0.938. The molecule has 7 nitrogen and oxygen atoms in total. The monoisotopic (exact) mass is 522 g/mol. The molecule has 3 fully saturated rings. The Bertz CT molecular complexity index is 615. The molecule has 27 heavy (non-hydrogen) atoms. The van der Waals surface area contributed by atoms with Crippen LogP contribution in [-0.4, -0.2) is 68.9 Å². The summed E-state index contributed by atoms with van der Waals surface area (Å²) in [6.07, 6.45) is 4.93. The van der Waals surface area contributed by atoms with Gasteiger partial charge in [0.1, 0.15) is 0 Å². The van der Waals surface area contributed by atoms with Gasteiger partial charge in [-0.15, -0.1) is 24.0 Å². The van der Waals surface area contributed by atoms with Gasteiger partial charge in [0, 0.05) is 26.2 Å². The second-order valence-corrected chi connectivity index (χ2v) is 9.13. The molecule has 0 aromatic carbocycles. The van der Waals surface area contributed by atoms with Crippen molar-refractivity contribution in [2.45, 2.75) is 63.0 Å². The number of ether oxygens (including phenoxy) is 1. The number of sulfonamides is 1. The molecule has 3 aliphatic rings. The van der Waals surface area contributed by atoms with Crippen molar-refractivity contribution in [3.8, 4) is 0 Å². The minimum Gasteiger partial charge on any atom is -0.373 e. The van der Waals surface area contributed by atoms with Crippen molar-refractivity contribution in [2.24, 2.45) is 10.9 Å². The third-order valence-electron chi connectivity index (χ3n) is 5.44. The van der Waals surface area contributed by atoms with Crippen LogP contribution in [0.25, 0.3) is 0 Å². The van der Waals surface area contributed by atoms with Gasteiger partial charge in [0.2, 0.25) is 0 Å². The van der Waals surface area contributed by atoms with Crippen LogP contribution >= 0.6 is 24.0 Å². The Balaban J connectivity index is 0.00000261. The molecule has 11 heteroatoms. The molecule has 3 heterocycles. The molecule has 2 N–H and O–H groups in total. The molecule has 3 aliphatic heterocycles. The lowest BCUT2D eigenvalue weighted by Gasteiger charge is -2.30. The Morgan fingerprint density at radius 3 is 2.48 bits per heavy atom. The Hall–Kier alpha value is -0.270. The fourth-order valence-electron chi connectivity index (χ4n) is 3.96. The highest BCUT2D eigenvalue weighted by Crippen LogP contribution is 2.34. The van der Waals surface area contributed by atoms with Gasteiger partial charge in [-0.05, 0) is 44.9 Å². The summed E-state index contributed by atoms with van der Waals surface area (Å²) in [4.78, 5) is 4.63. The van der Waals surface area contributed by atoms with E-state index in [1.54, 1.807) is 0 Å². The van der Waals surface area contributed by atoms with Gasteiger partial charge in [-0.1, -0.05) is 0 Å². The zero-order chi connectivity index (χ0) is 18.7. The SMILES string of the molecule is CCNC(=NCC1CCN(S(=O)(=O)C(F)F)CC1)NC1CC2CCC1O2.I. The van der Waals surface area contributed by atoms with E-state index in [9.17, 15) is 17.2 Å². The molecule has 0 aromatic heterocycles. The predicted octanol–water partition coefficient (Wildman–Crippen LogP) is 1.74. The second-order valence-electron chi connectivity index (χ2n) is 7.23. The summed E-state index contributed by atoms with van der Waals surface area (Å²) >= 11 is 0. The lowest BCUT2D eigenvalue weighted by molar-refractivity contribution is 0.0992. The van der Waals surface area contributed by atoms with Crippen molar-refractivity contribution in [3.05, 3.63) is 0 Å². The molecule has 0 aliphatic carbocycles. The number of rotatable bonds is 6. The number of fused-ring (bicyclic) bond motifs is 2. The summed E-state index contributed by atoms with van der Waals surface area (Å²) in [5.41, 5.74) is 0. The topological polar surface area (TPSA) is 83.0 Å². The van der Waals surface area contributed by atoms with E-state index in [4.69, 9.17) is 4.74 Å². The molecule has 3 rings (SSSR count). The highest BCUT2D eigenvalue weighted by atomic mass is 127. The molecule has 0 radical (unpaired) electrons. The summed E-state index contributed by atoms with van der Waals surface area (Å²) in [7, 11) is -4.46. The number of guanidine groups is 1. The zero-order valence-corrected chi connectivity index (χ0v) is 18.6. The van der Waals surface area contributed by atoms with Crippen LogP contribution < -0.4 is 10.6 Å². The maximum atomic E-state index is 12.6. The van der Waals surface area contributed by atoms with Crippen LogP contribution in [0.1, 0.15) is 39.0 Å². The lowest BCUT2D eigenvalue weighted by Crippen LogP contribution is -2.47. The maximum Gasteiger partial charge on any atom is 0.350 e. The van der Waals surface area contributed by atoms with E-state index in [0.717, 1.165) is 36.1 Å². The second kappa shape index (κ2) is 9.97. The van der Waals surface area contributed by atoms with Gasteiger partial charge >= 0.3 is 5.76 Å². The van der Waals surface area contributed by atoms with E-state index in [1.165, 1.54) is 0 Å². The van der Waals surface area contributed by atoms with E-state index in [2.05, 4.69) is 15.6 Å². The largest absolute Gasteiger partial charge is 0.373 e. The van der Waals surface area contributed by atoms with Gasteiger partial charge in [-0.2, -0.15) is 13.1 Å². The Kier molecular flexibility index (Phi) is 8.50. The molecular formula is C16H29F2IN4O3S. The number of hydrogen-bond acceptors (Lipinski definition) is 4. The Labute approximate surface area is 176 Å². The number of piperidine rings is 1. The molecule has 0 spiro atoms. The standard InChI is InChI=1S/C16H28F2N4O3S.HI/c1-2-19-16(21-13-9-12-3-4-14(13)25-12)20-10-11-5-7-22(8-6-11)26(23,24)15(17)18;/h11-15H,2-10H2,1H3,(H2,19,20,21);1H. The molecule has 3 saturated heterocycles. The van der Waals surface area contributed by atoms with Gasteiger partial charge in [0.15, 0.2) is 5.96 Å². The third kappa shape index (κ3) is 5.63. The quantitative estimate of drug-likeness (QED) is 0.316. The van der Waals surface area contributed by atoms with Gasteiger partial charge < -0.3 is 15.4 Å². The summed E-state index contributed by atoms with van der Waals surface area (Å²) in [6.45, 7) is 3.58. The smallest absolute Gasteiger partial charge is 0.350 e. The van der Waals surface area contributed by atoms with Gasteiger partial charge in [-0.3, -0.25) is 4.99 Å². The van der Waals surface area contributed by atoms with Crippen LogP contribution in [0.5, 0.6) is 0 Å². The molecule has 0 aromatic rings. The number of aliphatic imine (C=N–C) groups is 1. The van der Waals surface area contributed by atoms with Crippen molar-refractivity contribution in [1.29, 1.82) is 0 Å². The molecule has 3 atom stereocenters. The van der Waals surface area contributed by atoms with E-state index in [-0.39, 0.29) is 55.1 Å². The van der Waals surface area contributed by atoms with Crippen molar-refractivity contribution in [2.75, 3.05) is 26.2 Å². The molecule has 0 amide bonds. The van der Waals surface area contributed by atoms with Crippen LogP contribution in [0, 0.1) is 5.92 Å². The number of nitrogens with zero attached hydrogens (tertiary/aromatic N) is 2. The molecule has 2 bridgehead atoms. The normalized spacial score (nSPS) is 29.8. The van der Waals surface area contributed by atoms with Crippen molar-refractivity contribution < 1.29 is 21.9 Å². The fourth-order valence-corrected chi connectivity index (χ4v) is 4.91.